The van der Waals surface area contributed by atoms with Crippen LogP contribution in [0.5, 0.6) is 0 Å². The summed E-state index contributed by atoms with van der Waals surface area (Å²) >= 11 is 3.40. The quantitative estimate of drug-likeness (QED) is 0.699. The van der Waals surface area contributed by atoms with Crippen molar-refractivity contribution in [3.8, 4) is 11.3 Å². The molecule has 0 fully saturated rings. The molecule has 3 aromatic heterocycles. The van der Waals surface area contributed by atoms with Gasteiger partial charge in [0, 0.05) is 23.3 Å². The number of pyridine rings is 1. The van der Waals surface area contributed by atoms with Gasteiger partial charge in [-0.25, -0.2) is 15.0 Å². The summed E-state index contributed by atoms with van der Waals surface area (Å²) in [5.41, 5.74) is 7.45. The number of aliphatic hydroxyl groups is 1. The maximum absolute atomic E-state index is 10.1. The Balaban J connectivity index is 2.23. The van der Waals surface area contributed by atoms with Gasteiger partial charge < -0.3 is 15.4 Å². The smallest absolute Gasteiger partial charge is 0.220 e. The van der Waals surface area contributed by atoms with Crippen molar-refractivity contribution in [3.05, 3.63) is 35.3 Å². The van der Waals surface area contributed by atoms with E-state index < -0.39 is 5.60 Å². The molecule has 3 N–H and O–H groups in total. The SMILES string of the molecule is CC(C)(O)Cn1cc(-c2ccnc(N)n2)c2cc(Br)ncc21. The molecule has 0 aliphatic carbocycles. The van der Waals surface area contributed by atoms with Gasteiger partial charge in [0.25, 0.3) is 0 Å². The van der Waals surface area contributed by atoms with Gasteiger partial charge in [-0.2, -0.15) is 0 Å². The molecule has 22 heavy (non-hydrogen) atoms. The van der Waals surface area contributed by atoms with Gasteiger partial charge in [0.1, 0.15) is 4.60 Å². The number of hydrogen-bond donors (Lipinski definition) is 2. The van der Waals surface area contributed by atoms with Gasteiger partial charge in [-0.05, 0) is 41.9 Å². The summed E-state index contributed by atoms with van der Waals surface area (Å²) in [6, 6.07) is 3.75. The Morgan fingerprint density at radius 3 is 2.82 bits per heavy atom. The molecule has 0 unspecified atom stereocenters. The lowest BCUT2D eigenvalue weighted by Gasteiger charge is -2.18. The second-order valence-electron chi connectivity index (χ2n) is 5.81. The molecule has 6 nitrogen and oxygen atoms in total. The second-order valence-corrected chi connectivity index (χ2v) is 6.62. The van der Waals surface area contributed by atoms with Crippen LogP contribution in [-0.2, 0) is 6.54 Å². The molecule has 0 atom stereocenters. The van der Waals surface area contributed by atoms with Crippen molar-refractivity contribution in [2.45, 2.75) is 26.0 Å². The summed E-state index contributed by atoms with van der Waals surface area (Å²) in [5.74, 6) is 0.231. The number of halogens is 1. The fourth-order valence-electron chi connectivity index (χ4n) is 2.44. The highest BCUT2D eigenvalue weighted by Gasteiger charge is 2.18. The maximum Gasteiger partial charge on any atom is 0.220 e. The number of hydrogen-bond acceptors (Lipinski definition) is 5. The highest BCUT2D eigenvalue weighted by Crippen LogP contribution is 2.31. The third-order valence-electron chi connectivity index (χ3n) is 3.24. The number of nitrogens with zero attached hydrogens (tertiary/aromatic N) is 4. The van der Waals surface area contributed by atoms with Crippen LogP contribution in [0.2, 0.25) is 0 Å². The lowest BCUT2D eigenvalue weighted by atomic mass is 10.1. The first-order chi connectivity index (χ1) is 10.3. The summed E-state index contributed by atoms with van der Waals surface area (Å²) in [7, 11) is 0. The zero-order chi connectivity index (χ0) is 15.9. The van der Waals surface area contributed by atoms with Crippen LogP contribution in [0.15, 0.2) is 35.3 Å². The predicted molar refractivity (Wildman–Crippen MR) is 89.2 cm³/mol. The predicted octanol–water partition coefficient (Wildman–Crippen LogP) is 2.61. The minimum absolute atomic E-state index is 0.231. The summed E-state index contributed by atoms with van der Waals surface area (Å²) in [6.45, 7) is 3.99. The summed E-state index contributed by atoms with van der Waals surface area (Å²) in [6.07, 6.45) is 5.37. The highest BCUT2D eigenvalue weighted by atomic mass is 79.9. The van der Waals surface area contributed by atoms with Crippen LogP contribution in [0.1, 0.15) is 13.8 Å². The van der Waals surface area contributed by atoms with E-state index >= 15 is 0 Å². The molecule has 0 radical (unpaired) electrons. The first-order valence-electron chi connectivity index (χ1n) is 6.79. The van der Waals surface area contributed by atoms with E-state index in [9.17, 15) is 5.11 Å². The molecular weight excluding hydrogens is 346 g/mol. The maximum atomic E-state index is 10.1. The molecule has 3 rings (SSSR count). The van der Waals surface area contributed by atoms with E-state index in [0.717, 1.165) is 26.8 Å². The van der Waals surface area contributed by atoms with E-state index in [0.29, 0.717) is 6.54 Å². The third kappa shape index (κ3) is 2.95. The average Bonchev–Trinajstić information content (AvgIpc) is 2.75. The first-order valence-corrected chi connectivity index (χ1v) is 7.58. The second kappa shape index (κ2) is 5.33. The van der Waals surface area contributed by atoms with Gasteiger partial charge in [0.05, 0.1) is 29.6 Å². The number of anilines is 1. The van der Waals surface area contributed by atoms with Gasteiger partial charge in [-0.15, -0.1) is 0 Å². The van der Waals surface area contributed by atoms with E-state index in [1.54, 1.807) is 26.2 Å². The van der Waals surface area contributed by atoms with Crippen LogP contribution < -0.4 is 5.73 Å². The molecule has 3 heterocycles. The first kappa shape index (κ1) is 14.9. The Kier molecular flexibility index (Phi) is 3.62. The minimum Gasteiger partial charge on any atom is -0.389 e. The zero-order valence-electron chi connectivity index (χ0n) is 12.3. The number of nitrogens with two attached hydrogens (primary N) is 1. The van der Waals surface area contributed by atoms with Crippen LogP contribution in [0, 0.1) is 0 Å². The van der Waals surface area contributed by atoms with E-state index in [1.807, 2.05) is 22.9 Å². The van der Waals surface area contributed by atoms with Crippen molar-refractivity contribution in [1.82, 2.24) is 19.5 Å². The molecule has 114 valence electrons. The third-order valence-corrected chi connectivity index (χ3v) is 3.68. The number of fused-ring (bicyclic) bond motifs is 1. The normalized spacial score (nSPS) is 12.0. The van der Waals surface area contributed by atoms with Crippen LogP contribution in [0.4, 0.5) is 5.95 Å². The standard InChI is InChI=1S/C15H16BrN5O/c1-15(2,22)8-21-7-10(11-3-4-18-14(17)20-11)9-5-13(16)19-6-12(9)21/h3-7,22H,8H2,1-2H3,(H2,17,18,20). The molecule has 0 saturated heterocycles. The fourth-order valence-corrected chi connectivity index (χ4v) is 2.77. The molecule has 0 aliphatic heterocycles. The summed E-state index contributed by atoms with van der Waals surface area (Å²) < 4.78 is 2.71. The molecule has 0 bridgehead atoms. The van der Waals surface area contributed by atoms with Crippen LogP contribution >= 0.6 is 15.9 Å². The largest absolute Gasteiger partial charge is 0.389 e. The van der Waals surface area contributed by atoms with Crippen molar-refractivity contribution in [2.75, 3.05) is 5.73 Å². The Morgan fingerprint density at radius 1 is 1.36 bits per heavy atom. The summed E-state index contributed by atoms with van der Waals surface area (Å²) in [5, 5.41) is 11.1. The van der Waals surface area contributed by atoms with E-state index in [1.165, 1.54) is 0 Å². The molecule has 3 aromatic rings. The van der Waals surface area contributed by atoms with Crippen molar-refractivity contribution in [3.63, 3.8) is 0 Å². The van der Waals surface area contributed by atoms with Gasteiger partial charge >= 0.3 is 0 Å². The molecule has 0 spiro atoms. The van der Waals surface area contributed by atoms with Crippen molar-refractivity contribution in [1.29, 1.82) is 0 Å². The van der Waals surface area contributed by atoms with Gasteiger partial charge in [0.2, 0.25) is 5.95 Å². The number of nitrogen functional groups attached to an aromatic ring is 1. The Labute approximate surface area is 136 Å². The molecule has 0 saturated carbocycles. The summed E-state index contributed by atoms with van der Waals surface area (Å²) in [4.78, 5) is 12.5. The topological polar surface area (TPSA) is 89.8 Å². The zero-order valence-corrected chi connectivity index (χ0v) is 13.9. The fraction of sp³-hybridized carbons (Fsp3) is 0.267. The van der Waals surface area contributed by atoms with Crippen molar-refractivity contribution >= 4 is 32.8 Å². The lowest BCUT2D eigenvalue weighted by molar-refractivity contribution is 0.0628. The number of aromatic nitrogens is 4. The lowest BCUT2D eigenvalue weighted by Crippen LogP contribution is -2.25. The van der Waals surface area contributed by atoms with Gasteiger partial charge in [0.15, 0.2) is 0 Å². The molecule has 0 aromatic carbocycles. The van der Waals surface area contributed by atoms with E-state index in [-0.39, 0.29) is 5.95 Å². The Hall–Kier alpha value is -1.99. The van der Waals surface area contributed by atoms with E-state index in [4.69, 9.17) is 5.73 Å². The Morgan fingerprint density at radius 2 is 2.14 bits per heavy atom. The molecule has 0 amide bonds. The number of rotatable bonds is 3. The van der Waals surface area contributed by atoms with Crippen molar-refractivity contribution in [2.24, 2.45) is 0 Å². The van der Waals surface area contributed by atoms with Gasteiger partial charge in [-0.1, -0.05) is 0 Å². The molecular formula is C15H16BrN5O. The van der Waals surface area contributed by atoms with Crippen LogP contribution in [0.3, 0.4) is 0 Å². The molecule has 0 aliphatic rings. The Bertz CT molecular complexity index is 838. The average molecular weight is 362 g/mol. The molecule has 7 heteroatoms. The van der Waals surface area contributed by atoms with Crippen LogP contribution in [-0.4, -0.2) is 30.2 Å². The monoisotopic (exact) mass is 361 g/mol. The minimum atomic E-state index is -0.832. The van der Waals surface area contributed by atoms with E-state index in [2.05, 4.69) is 30.9 Å². The van der Waals surface area contributed by atoms with Gasteiger partial charge in [-0.3, -0.25) is 0 Å². The highest BCUT2D eigenvalue weighted by molar-refractivity contribution is 9.10. The van der Waals surface area contributed by atoms with Crippen molar-refractivity contribution < 1.29 is 5.11 Å². The van der Waals surface area contributed by atoms with Crippen LogP contribution in [0.25, 0.3) is 22.2 Å².